The zero-order valence-corrected chi connectivity index (χ0v) is 28.0. The number of nitrogens with zero attached hydrogens (tertiary/aromatic N) is 1. The molecule has 0 fully saturated rings. The summed E-state index contributed by atoms with van der Waals surface area (Å²) >= 11 is 0. The van der Waals surface area contributed by atoms with Crippen molar-refractivity contribution in [1.82, 2.24) is 4.90 Å². The molecule has 0 bridgehead atoms. The monoisotopic (exact) mass is 663 g/mol. The number of hydrogen-bond acceptors (Lipinski definition) is 13. The summed E-state index contributed by atoms with van der Waals surface area (Å²) in [5.41, 5.74) is 0. The maximum Gasteiger partial charge on any atom is 0.308 e. The molecule has 0 saturated carbocycles. The van der Waals surface area contributed by atoms with E-state index >= 15 is 0 Å². The Labute approximate surface area is 274 Å². The second-order valence-corrected chi connectivity index (χ2v) is 10.1. The molecular weight excluding hydrogens is 606 g/mol. The molecule has 14 nitrogen and oxygen atoms in total. The van der Waals surface area contributed by atoms with Gasteiger partial charge in [0.05, 0.1) is 131 Å². The molecule has 268 valence electrons. The van der Waals surface area contributed by atoms with Gasteiger partial charge in [0.2, 0.25) is 0 Å². The first-order valence-corrected chi connectivity index (χ1v) is 16.5. The first-order valence-electron chi connectivity index (χ1n) is 16.5. The zero-order chi connectivity index (χ0) is 33.3. The third-order valence-corrected chi connectivity index (χ3v) is 6.54. The topological polar surface area (TPSA) is 147 Å². The van der Waals surface area contributed by atoms with Crippen LogP contribution in [-0.4, -0.2) is 155 Å². The normalized spacial score (nSPS) is 13.7. The fourth-order valence-corrected chi connectivity index (χ4v) is 3.93. The lowest BCUT2D eigenvalue weighted by Crippen LogP contribution is -2.33. The third kappa shape index (κ3) is 24.2. The van der Waals surface area contributed by atoms with E-state index in [0.717, 1.165) is 30.6 Å². The maximum absolute atomic E-state index is 12.0. The molecule has 14 heteroatoms. The fourth-order valence-electron chi connectivity index (χ4n) is 3.93. The van der Waals surface area contributed by atoms with Gasteiger partial charge in [-0.05, 0) is 12.8 Å². The zero-order valence-electron chi connectivity index (χ0n) is 28.0. The molecule has 0 aromatic heterocycles. The van der Waals surface area contributed by atoms with Crippen LogP contribution in [0.15, 0.2) is 12.2 Å². The van der Waals surface area contributed by atoms with Gasteiger partial charge in [-0.1, -0.05) is 26.7 Å². The van der Waals surface area contributed by atoms with Crippen molar-refractivity contribution >= 4 is 17.8 Å². The van der Waals surface area contributed by atoms with Crippen LogP contribution in [0.4, 0.5) is 0 Å². The SMILES string of the molecule is CCCCC(CC)C(=O)OCCOCCOCCOCCOCCOCCOCCOCCOCCOCCN1C(=O)C=CC1=O. The Kier molecular flexibility index (Phi) is 28.8. The minimum Gasteiger partial charge on any atom is -0.463 e. The largest absolute Gasteiger partial charge is 0.463 e. The van der Waals surface area contributed by atoms with Crippen molar-refractivity contribution in [2.45, 2.75) is 39.5 Å². The number of carbonyl (C=O) groups excluding carboxylic acids is 3. The minimum atomic E-state index is -0.308. The second kappa shape index (κ2) is 31.6. The highest BCUT2D eigenvalue weighted by Gasteiger charge is 2.22. The first kappa shape index (κ1) is 42.0. The number of ether oxygens (including phenoxy) is 10. The van der Waals surface area contributed by atoms with Gasteiger partial charge in [0.15, 0.2) is 0 Å². The molecule has 0 spiro atoms. The molecule has 0 N–H and O–H groups in total. The predicted molar refractivity (Wildman–Crippen MR) is 167 cm³/mol. The van der Waals surface area contributed by atoms with E-state index in [1.807, 2.05) is 6.92 Å². The van der Waals surface area contributed by atoms with E-state index in [1.54, 1.807) is 0 Å². The number of unbranched alkanes of at least 4 members (excludes halogenated alkanes) is 1. The van der Waals surface area contributed by atoms with E-state index in [0.29, 0.717) is 112 Å². The van der Waals surface area contributed by atoms with Gasteiger partial charge in [-0.2, -0.15) is 0 Å². The summed E-state index contributed by atoms with van der Waals surface area (Å²) in [6.45, 7) is 12.6. The molecule has 0 aliphatic carbocycles. The van der Waals surface area contributed by atoms with Crippen molar-refractivity contribution in [1.29, 1.82) is 0 Å². The lowest BCUT2D eigenvalue weighted by atomic mass is 10.00. The van der Waals surface area contributed by atoms with Gasteiger partial charge in [-0.25, -0.2) is 0 Å². The average Bonchev–Trinajstić information content (AvgIpc) is 3.38. The van der Waals surface area contributed by atoms with Crippen LogP contribution in [0.25, 0.3) is 0 Å². The van der Waals surface area contributed by atoms with Crippen LogP contribution in [0.1, 0.15) is 39.5 Å². The Hall–Kier alpha value is -2.01. The van der Waals surface area contributed by atoms with Gasteiger partial charge in [-0.3, -0.25) is 19.3 Å². The van der Waals surface area contributed by atoms with Gasteiger partial charge in [0, 0.05) is 12.2 Å². The van der Waals surface area contributed by atoms with Gasteiger partial charge in [-0.15, -0.1) is 0 Å². The van der Waals surface area contributed by atoms with E-state index in [1.165, 1.54) is 12.2 Å². The van der Waals surface area contributed by atoms with Crippen molar-refractivity contribution in [3.63, 3.8) is 0 Å². The van der Waals surface area contributed by atoms with Crippen molar-refractivity contribution in [3.05, 3.63) is 12.2 Å². The lowest BCUT2D eigenvalue weighted by Gasteiger charge is -2.13. The quantitative estimate of drug-likeness (QED) is 0.0552. The molecule has 1 rings (SSSR count). The molecule has 1 unspecified atom stereocenters. The Morgan fingerprint density at radius 2 is 0.870 bits per heavy atom. The smallest absolute Gasteiger partial charge is 0.308 e. The summed E-state index contributed by atoms with van der Waals surface area (Å²) < 4.78 is 54.2. The third-order valence-electron chi connectivity index (χ3n) is 6.54. The molecule has 1 aliphatic heterocycles. The second-order valence-electron chi connectivity index (χ2n) is 10.1. The van der Waals surface area contributed by atoms with Crippen LogP contribution in [0.5, 0.6) is 0 Å². The summed E-state index contributed by atoms with van der Waals surface area (Å²) in [5.74, 6) is -0.752. The highest BCUT2D eigenvalue weighted by Crippen LogP contribution is 2.14. The molecule has 1 heterocycles. The maximum atomic E-state index is 12.0. The predicted octanol–water partition coefficient (Wildman–Crippen LogP) is 1.82. The molecule has 0 saturated heterocycles. The van der Waals surface area contributed by atoms with Gasteiger partial charge in [0.1, 0.15) is 6.61 Å². The summed E-state index contributed by atoms with van der Waals surface area (Å²) in [7, 11) is 0. The standard InChI is InChI=1S/C32H57NO13/c1-3-5-6-29(4-2)32(36)46-28-27-45-26-25-44-24-23-43-22-21-42-20-19-41-18-17-40-16-15-39-14-13-38-12-11-37-10-9-33-30(34)7-8-31(33)35/h7-8,29H,3-6,9-28H2,1-2H3. The molecule has 0 aromatic carbocycles. The number of rotatable bonds is 35. The molecule has 2 amide bonds. The summed E-state index contributed by atoms with van der Waals surface area (Å²) in [5, 5.41) is 0. The van der Waals surface area contributed by atoms with Gasteiger partial charge < -0.3 is 47.4 Å². The Bertz CT molecular complexity index is 765. The van der Waals surface area contributed by atoms with Gasteiger partial charge >= 0.3 is 5.97 Å². The average molecular weight is 664 g/mol. The summed E-state index contributed by atoms with van der Waals surface area (Å²) in [4.78, 5) is 35.9. The van der Waals surface area contributed by atoms with Crippen molar-refractivity contribution in [2.75, 3.05) is 132 Å². The number of carbonyl (C=O) groups is 3. The van der Waals surface area contributed by atoms with Crippen LogP contribution < -0.4 is 0 Å². The van der Waals surface area contributed by atoms with E-state index in [4.69, 9.17) is 47.4 Å². The van der Waals surface area contributed by atoms with E-state index < -0.39 is 0 Å². The van der Waals surface area contributed by atoms with Crippen LogP contribution in [-0.2, 0) is 61.8 Å². The van der Waals surface area contributed by atoms with Crippen molar-refractivity contribution in [3.8, 4) is 0 Å². The van der Waals surface area contributed by atoms with Crippen LogP contribution >= 0.6 is 0 Å². The van der Waals surface area contributed by atoms with Crippen molar-refractivity contribution in [2.24, 2.45) is 5.92 Å². The summed E-state index contributed by atoms with van der Waals surface area (Å²) in [6.07, 6.45) is 6.32. The van der Waals surface area contributed by atoms with E-state index in [-0.39, 0.29) is 43.5 Å². The Balaban J connectivity index is 1.67. The highest BCUT2D eigenvalue weighted by atomic mass is 16.6. The Morgan fingerprint density at radius 1 is 0.543 bits per heavy atom. The fraction of sp³-hybridized carbons (Fsp3) is 0.844. The highest BCUT2D eigenvalue weighted by molar-refractivity contribution is 6.12. The minimum absolute atomic E-state index is 0.00926. The summed E-state index contributed by atoms with van der Waals surface area (Å²) in [6, 6.07) is 0. The molecular formula is C32H57NO13. The molecule has 1 atom stereocenters. The first-order chi connectivity index (χ1) is 22.6. The number of esters is 1. The van der Waals surface area contributed by atoms with Crippen LogP contribution in [0.3, 0.4) is 0 Å². The molecule has 0 radical (unpaired) electrons. The van der Waals surface area contributed by atoms with E-state index in [2.05, 4.69) is 6.92 Å². The molecule has 46 heavy (non-hydrogen) atoms. The van der Waals surface area contributed by atoms with Crippen LogP contribution in [0.2, 0.25) is 0 Å². The van der Waals surface area contributed by atoms with E-state index in [9.17, 15) is 14.4 Å². The lowest BCUT2D eigenvalue weighted by molar-refractivity contribution is -0.150. The number of amides is 2. The van der Waals surface area contributed by atoms with Crippen LogP contribution in [0, 0.1) is 5.92 Å². The molecule has 0 aromatic rings. The Morgan fingerprint density at radius 3 is 1.20 bits per heavy atom. The van der Waals surface area contributed by atoms with Gasteiger partial charge in [0.25, 0.3) is 11.8 Å². The van der Waals surface area contributed by atoms with Crippen molar-refractivity contribution < 1.29 is 61.8 Å². The molecule has 1 aliphatic rings. The number of imide groups is 1. The number of hydrogen-bond donors (Lipinski definition) is 0.